The average Bonchev–Trinajstić information content (AvgIpc) is 2.59. The molecule has 0 spiro atoms. The predicted molar refractivity (Wildman–Crippen MR) is 113 cm³/mol. The number of rotatable bonds is 11. The highest BCUT2D eigenvalue weighted by Crippen LogP contribution is 2.32. The third-order valence-corrected chi connectivity index (χ3v) is 4.25. The van der Waals surface area contributed by atoms with Gasteiger partial charge in [0.1, 0.15) is 17.4 Å². The minimum Gasteiger partial charge on any atom is -0.493 e. The maximum absolute atomic E-state index is 13.3. The molecular weight excluding hydrogens is 352 g/mol. The molecular formula is C23H36N2O3. The van der Waals surface area contributed by atoms with E-state index in [1.54, 1.807) is 18.2 Å². The van der Waals surface area contributed by atoms with Crippen LogP contribution in [0.15, 0.2) is 18.2 Å². The fourth-order valence-corrected chi connectivity index (χ4v) is 3.36. The van der Waals surface area contributed by atoms with Crippen molar-refractivity contribution in [1.29, 1.82) is 5.26 Å². The highest BCUT2D eigenvalue weighted by Gasteiger charge is 2.40. The Kier molecular flexibility index (Phi) is 9.48. The van der Waals surface area contributed by atoms with Gasteiger partial charge in [0.25, 0.3) is 5.91 Å². The third kappa shape index (κ3) is 7.16. The van der Waals surface area contributed by atoms with Gasteiger partial charge in [-0.15, -0.1) is 0 Å². The summed E-state index contributed by atoms with van der Waals surface area (Å²) in [6.07, 6.45) is 1.25. The Bertz CT molecular complexity index is 665. The van der Waals surface area contributed by atoms with E-state index in [1.165, 1.54) is 0 Å². The lowest BCUT2D eigenvalue weighted by Gasteiger charge is -2.35. The number of nitrogens with one attached hydrogen (secondary N) is 1. The zero-order chi connectivity index (χ0) is 21.3. The molecule has 0 bridgehead atoms. The van der Waals surface area contributed by atoms with Crippen molar-refractivity contribution < 1.29 is 14.3 Å². The van der Waals surface area contributed by atoms with E-state index in [4.69, 9.17) is 9.47 Å². The van der Waals surface area contributed by atoms with Crippen LogP contribution in [0.25, 0.3) is 0 Å². The van der Waals surface area contributed by atoms with Crippen LogP contribution in [-0.2, 0) is 9.53 Å². The number of ether oxygens (including phenoxy) is 2. The second-order valence-corrected chi connectivity index (χ2v) is 8.60. The summed E-state index contributed by atoms with van der Waals surface area (Å²) in [6.45, 7) is 15.4. The Morgan fingerprint density at radius 3 is 2.18 bits per heavy atom. The molecule has 0 aromatic heterocycles. The van der Waals surface area contributed by atoms with E-state index in [0.717, 1.165) is 0 Å². The van der Waals surface area contributed by atoms with E-state index >= 15 is 0 Å². The number of hydrogen-bond donors (Lipinski definition) is 1. The van der Waals surface area contributed by atoms with Crippen LogP contribution in [-0.4, -0.2) is 24.7 Å². The summed E-state index contributed by atoms with van der Waals surface area (Å²) < 4.78 is 11.7. The van der Waals surface area contributed by atoms with Gasteiger partial charge in [0, 0.05) is 6.61 Å². The molecule has 1 aromatic carbocycles. The molecule has 0 aliphatic rings. The van der Waals surface area contributed by atoms with Gasteiger partial charge in [-0.3, -0.25) is 4.79 Å². The fraction of sp³-hybridized carbons (Fsp3) is 0.652. The van der Waals surface area contributed by atoms with E-state index in [2.05, 4.69) is 52.9 Å². The van der Waals surface area contributed by atoms with Crippen LogP contribution in [0.4, 0.5) is 5.69 Å². The van der Waals surface area contributed by atoms with E-state index in [1.807, 2.05) is 6.92 Å². The lowest BCUT2D eigenvalue weighted by atomic mass is 9.83. The second kappa shape index (κ2) is 11.1. The molecule has 1 rings (SSSR count). The predicted octanol–water partition coefficient (Wildman–Crippen LogP) is 5.40. The number of carbonyl (C=O) groups excluding carboxylic acids is 1. The third-order valence-electron chi connectivity index (χ3n) is 4.25. The first-order valence-electron chi connectivity index (χ1n) is 10.3. The number of anilines is 1. The van der Waals surface area contributed by atoms with Gasteiger partial charge < -0.3 is 14.8 Å². The molecule has 0 unspecified atom stereocenters. The van der Waals surface area contributed by atoms with Crippen molar-refractivity contribution in [2.24, 2.45) is 17.8 Å². The van der Waals surface area contributed by atoms with Gasteiger partial charge in [-0.05, 0) is 55.7 Å². The molecule has 28 heavy (non-hydrogen) atoms. The average molecular weight is 389 g/mol. The van der Waals surface area contributed by atoms with Crippen LogP contribution >= 0.6 is 0 Å². The molecule has 0 aliphatic heterocycles. The van der Waals surface area contributed by atoms with Gasteiger partial charge in [0.05, 0.1) is 17.9 Å². The summed E-state index contributed by atoms with van der Waals surface area (Å²) in [4.78, 5) is 13.3. The van der Waals surface area contributed by atoms with Gasteiger partial charge in [0.15, 0.2) is 0 Å². The fourth-order valence-electron chi connectivity index (χ4n) is 3.36. The zero-order valence-corrected chi connectivity index (χ0v) is 18.5. The Morgan fingerprint density at radius 2 is 1.71 bits per heavy atom. The van der Waals surface area contributed by atoms with Gasteiger partial charge >= 0.3 is 0 Å². The topological polar surface area (TPSA) is 71.3 Å². The van der Waals surface area contributed by atoms with Crippen LogP contribution in [0, 0.1) is 29.1 Å². The van der Waals surface area contributed by atoms with Crippen LogP contribution < -0.4 is 10.1 Å². The van der Waals surface area contributed by atoms with Gasteiger partial charge in [0.2, 0.25) is 0 Å². The van der Waals surface area contributed by atoms with E-state index < -0.39 is 5.60 Å². The monoisotopic (exact) mass is 388 g/mol. The Labute approximate surface area is 170 Å². The number of nitrogens with zero attached hydrogens (tertiary/aromatic N) is 1. The first-order valence-corrected chi connectivity index (χ1v) is 10.3. The Morgan fingerprint density at radius 1 is 1.11 bits per heavy atom. The summed E-state index contributed by atoms with van der Waals surface area (Å²) in [5, 5.41) is 12.5. The highest BCUT2D eigenvalue weighted by molar-refractivity contribution is 5.98. The summed E-state index contributed by atoms with van der Waals surface area (Å²) >= 11 is 0. The van der Waals surface area contributed by atoms with E-state index in [-0.39, 0.29) is 5.91 Å². The lowest BCUT2D eigenvalue weighted by Crippen LogP contribution is -2.47. The van der Waals surface area contributed by atoms with E-state index in [0.29, 0.717) is 60.8 Å². The molecule has 5 nitrogen and oxygen atoms in total. The van der Waals surface area contributed by atoms with Gasteiger partial charge in [-0.2, -0.15) is 5.26 Å². The Balaban J connectivity index is 3.13. The number of hydrogen-bond acceptors (Lipinski definition) is 4. The molecule has 1 aromatic rings. The van der Waals surface area contributed by atoms with Crippen molar-refractivity contribution in [3.05, 3.63) is 23.8 Å². The van der Waals surface area contributed by atoms with Crippen molar-refractivity contribution in [3.8, 4) is 11.8 Å². The summed E-state index contributed by atoms with van der Waals surface area (Å²) in [5.74, 6) is 1.44. The van der Waals surface area contributed by atoms with Gasteiger partial charge in [-0.25, -0.2) is 0 Å². The number of amides is 1. The molecule has 1 N–H and O–H groups in total. The van der Waals surface area contributed by atoms with Gasteiger partial charge in [-0.1, -0.05) is 41.5 Å². The summed E-state index contributed by atoms with van der Waals surface area (Å²) in [6, 6.07) is 7.34. The molecule has 0 radical (unpaired) electrons. The summed E-state index contributed by atoms with van der Waals surface area (Å²) in [5.41, 5.74) is -0.0357. The van der Waals surface area contributed by atoms with Crippen LogP contribution in [0.2, 0.25) is 0 Å². The maximum Gasteiger partial charge on any atom is 0.256 e. The summed E-state index contributed by atoms with van der Waals surface area (Å²) in [7, 11) is 0. The van der Waals surface area contributed by atoms with Crippen molar-refractivity contribution >= 4 is 11.6 Å². The molecule has 0 atom stereocenters. The minimum atomic E-state index is -0.906. The number of nitriles is 1. The van der Waals surface area contributed by atoms with E-state index in [9.17, 15) is 10.1 Å². The largest absolute Gasteiger partial charge is 0.493 e. The van der Waals surface area contributed by atoms with Crippen molar-refractivity contribution in [3.63, 3.8) is 0 Å². The molecule has 0 fully saturated rings. The molecule has 0 saturated heterocycles. The quantitative estimate of drug-likeness (QED) is 0.551. The molecule has 156 valence electrons. The Hall–Kier alpha value is -2.06. The highest BCUT2D eigenvalue weighted by atomic mass is 16.5. The standard InChI is InChI=1S/C23H36N2O3/c1-8-28-23(12-16(2)3,13-17(4)5)22(26)25-21-10-9-20(11-19(21)14-24)27-15-18(6)7/h9-11,16-18H,8,12-13,15H2,1-7H3,(H,25,26). The first kappa shape index (κ1) is 24.0. The maximum atomic E-state index is 13.3. The SMILES string of the molecule is CCOC(CC(C)C)(CC(C)C)C(=O)Nc1ccc(OCC(C)C)cc1C#N. The lowest BCUT2D eigenvalue weighted by molar-refractivity contribution is -0.146. The van der Waals surface area contributed by atoms with Crippen molar-refractivity contribution in [2.45, 2.75) is 66.9 Å². The second-order valence-electron chi connectivity index (χ2n) is 8.60. The van der Waals surface area contributed by atoms with Crippen LogP contribution in [0.1, 0.15) is 66.9 Å². The molecule has 0 saturated carbocycles. The molecule has 0 aliphatic carbocycles. The van der Waals surface area contributed by atoms with Crippen LogP contribution in [0.5, 0.6) is 5.75 Å². The minimum absolute atomic E-state index is 0.191. The van der Waals surface area contributed by atoms with Crippen molar-refractivity contribution in [2.75, 3.05) is 18.5 Å². The zero-order valence-electron chi connectivity index (χ0n) is 18.5. The number of carbonyl (C=O) groups is 1. The molecule has 0 heterocycles. The van der Waals surface area contributed by atoms with Crippen LogP contribution in [0.3, 0.4) is 0 Å². The first-order chi connectivity index (χ1) is 13.1. The molecule has 5 heteroatoms. The molecule has 1 amide bonds. The number of benzene rings is 1. The smallest absolute Gasteiger partial charge is 0.256 e. The normalized spacial score (nSPS) is 11.8. The van der Waals surface area contributed by atoms with Crippen molar-refractivity contribution in [1.82, 2.24) is 0 Å².